The standard InChI is InChI=1S/C18H21N3O2S/c22-17(20-11-13-4-3-9-23-13)12-6-7-14-16(10-12)24-18(21-14)15-5-1-2-8-19-15/h1-2,5,8,12-13H,3-4,6-7,9-11H2,(H,20,22). The van der Waals surface area contributed by atoms with E-state index in [1.54, 1.807) is 17.5 Å². The minimum absolute atomic E-state index is 0.0518. The molecular weight excluding hydrogens is 322 g/mol. The van der Waals surface area contributed by atoms with E-state index >= 15 is 0 Å². The van der Waals surface area contributed by atoms with Gasteiger partial charge in [0.2, 0.25) is 5.91 Å². The first-order valence-electron chi connectivity index (χ1n) is 8.59. The van der Waals surface area contributed by atoms with Crippen LogP contribution in [0.15, 0.2) is 24.4 Å². The summed E-state index contributed by atoms with van der Waals surface area (Å²) in [5.41, 5.74) is 2.06. The fourth-order valence-corrected chi connectivity index (χ4v) is 4.53. The van der Waals surface area contributed by atoms with Gasteiger partial charge in [-0.15, -0.1) is 11.3 Å². The van der Waals surface area contributed by atoms with Crippen molar-refractivity contribution >= 4 is 17.2 Å². The van der Waals surface area contributed by atoms with Crippen LogP contribution in [0.4, 0.5) is 0 Å². The Bertz CT molecular complexity index is 710. The molecule has 0 spiro atoms. The Balaban J connectivity index is 1.40. The molecule has 2 aromatic heterocycles. The molecule has 1 N–H and O–H groups in total. The highest BCUT2D eigenvalue weighted by Gasteiger charge is 2.28. The fraction of sp³-hybridized carbons (Fsp3) is 0.500. The van der Waals surface area contributed by atoms with Gasteiger partial charge < -0.3 is 10.1 Å². The number of amides is 1. The topological polar surface area (TPSA) is 64.1 Å². The van der Waals surface area contributed by atoms with Gasteiger partial charge in [-0.1, -0.05) is 6.07 Å². The number of carbonyl (C=O) groups is 1. The van der Waals surface area contributed by atoms with Crippen molar-refractivity contribution in [1.82, 2.24) is 15.3 Å². The first-order chi connectivity index (χ1) is 11.8. The van der Waals surface area contributed by atoms with Crippen LogP contribution in [0, 0.1) is 5.92 Å². The summed E-state index contributed by atoms with van der Waals surface area (Å²) in [6.45, 7) is 1.47. The van der Waals surface area contributed by atoms with Crippen molar-refractivity contribution in [2.45, 2.75) is 38.2 Å². The van der Waals surface area contributed by atoms with Crippen LogP contribution in [0.2, 0.25) is 0 Å². The summed E-state index contributed by atoms with van der Waals surface area (Å²) in [6.07, 6.45) is 6.68. The minimum Gasteiger partial charge on any atom is -0.376 e. The lowest BCUT2D eigenvalue weighted by Gasteiger charge is -2.21. The molecule has 126 valence electrons. The summed E-state index contributed by atoms with van der Waals surface area (Å²) in [5.74, 6) is 0.208. The lowest BCUT2D eigenvalue weighted by Crippen LogP contribution is -2.38. The number of hydrogen-bond donors (Lipinski definition) is 1. The molecule has 0 saturated carbocycles. The monoisotopic (exact) mass is 343 g/mol. The van der Waals surface area contributed by atoms with Gasteiger partial charge in [-0.3, -0.25) is 9.78 Å². The summed E-state index contributed by atoms with van der Waals surface area (Å²) in [4.78, 5) is 22.8. The van der Waals surface area contributed by atoms with Gasteiger partial charge in [0.05, 0.1) is 17.5 Å². The van der Waals surface area contributed by atoms with Crippen LogP contribution in [0.3, 0.4) is 0 Å². The van der Waals surface area contributed by atoms with E-state index in [9.17, 15) is 4.79 Å². The average molecular weight is 343 g/mol. The first-order valence-corrected chi connectivity index (χ1v) is 9.40. The Morgan fingerprint density at radius 3 is 3.12 bits per heavy atom. The van der Waals surface area contributed by atoms with E-state index in [0.717, 1.165) is 55.1 Å². The van der Waals surface area contributed by atoms with Crippen LogP contribution in [-0.2, 0) is 22.4 Å². The van der Waals surface area contributed by atoms with Crippen LogP contribution in [0.1, 0.15) is 29.8 Å². The first kappa shape index (κ1) is 15.7. The van der Waals surface area contributed by atoms with E-state index < -0.39 is 0 Å². The second-order valence-electron chi connectivity index (χ2n) is 6.42. The van der Waals surface area contributed by atoms with E-state index in [1.165, 1.54) is 4.88 Å². The van der Waals surface area contributed by atoms with E-state index in [1.807, 2.05) is 18.2 Å². The number of aryl methyl sites for hydroxylation is 1. The van der Waals surface area contributed by atoms with E-state index in [-0.39, 0.29) is 17.9 Å². The smallest absolute Gasteiger partial charge is 0.223 e. The molecule has 24 heavy (non-hydrogen) atoms. The predicted octanol–water partition coefficient (Wildman–Crippen LogP) is 2.61. The van der Waals surface area contributed by atoms with Gasteiger partial charge >= 0.3 is 0 Å². The number of carbonyl (C=O) groups excluding carboxylic acids is 1. The number of pyridine rings is 1. The van der Waals surface area contributed by atoms with Crippen LogP contribution in [0.5, 0.6) is 0 Å². The maximum absolute atomic E-state index is 12.4. The zero-order chi connectivity index (χ0) is 16.4. The maximum Gasteiger partial charge on any atom is 0.223 e. The van der Waals surface area contributed by atoms with Crippen LogP contribution >= 0.6 is 11.3 Å². The Kier molecular flexibility index (Phi) is 4.58. The van der Waals surface area contributed by atoms with E-state index in [0.29, 0.717) is 6.54 Å². The van der Waals surface area contributed by atoms with Crippen molar-refractivity contribution in [3.8, 4) is 10.7 Å². The molecule has 2 atom stereocenters. The third-order valence-corrected chi connectivity index (χ3v) is 5.86. The summed E-state index contributed by atoms with van der Waals surface area (Å²) >= 11 is 1.67. The van der Waals surface area contributed by atoms with Gasteiger partial charge in [-0.05, 0) is 44.2 Å². The molecule has 4 rings (SSSR count). The van der Waals surface area contributed by atoms with Crippen molar-refractivity contribution in [1.29, 1.82) is 0 Å². The van der Waals surface area contributed by atoms with E-state index in [2.05, 4.69) is 10.3 Å². The molecule has 5 nitrogen and oxygen atoms in total. The third-order valence-electron chi connectivity index (χ3n) is 4.72. The second kappa shape index (κ2) is 6.99. The lowest BCUT2D eigenvalue weighted by atomic mass is 9.90. The largest absolute Gasteiger partial charge is 0.376 e. The molecule has 6 heteroatoms. The normalized spacial score (nSPS) is 23.0. The number of aromatic nitrogens is 2. The maximum atomic E-state index is 12.4. The molecule has 2 unspecified atom stereocenters. The average Bonchev–Trinajstić information content (AvgIpc) is 3.29. The lowest BCUT2D eigenvalue weighted by molar-refractivity contribution is -0.125. The number of fused-ring (bicyclic) bond motifs is 1. The summed E-state index contributed by atoms with van der Waals surface area (Å²) in [6, 6.07) is 5.87. The van der Waals surface area contributed by atoms with Crippen LogP contribution < -0.4 is 5.32 Å². The molecular formula is C18H21N3O2S. The van der Waals surface area contributed by atoms with Crippen molar-refractivity contribution < 1.29 is 9.53 Å². The van der Waals surface area contributed by atoms with Gasteiger partial charge in [0, 0.05) is 30.1 Å². The zero-order valence-electron chi connectivity index (χ0n) is 13.5. The summed E-state index contributed by atoms with van der Waals surface area (Å²) in [5, 5.41) is 4.03. The molecule has 1 aliphatic carbocycles. The van der Waals surface area contributed by atoms with Crippen molar-refractivity contribution in [3.63, 3.8) is 0 Å². The van der Waals surface area contributed by atoms with Gasteiger partial charge in [0.1, 0.15) is 5.01 Å². The number of hydrogen-bond acceptors (Lipinski definition) is 5. The van der Waals surface area contributed by atoms with Crippen molar-refractivity contribution in [2.75, 3.05) is 13.2 Å². The molecule has 1 aliphatic heterocycles. The highest BCUT2D eigenvalue weighted by atomic mass is 32.1. The van der Waals surface area contributed by atoms with Crippen molar-refractivity contribution in [3.05, 3.63) is 35.0 Å². The van der Waals surface area contributed by atoms with E-state index in [4.69, 9.17) is 9.72 Å². The van der Waals surface area contributed by atoms with Gasteiger partial charge in [0.15, 0.2) is 0 Å². The number of nitrogens with zero attached hydrogens (tertiary/aromatic N) is 2. The Labute approximate surface area is 145 Å². The number of thiazole rings is 1. The summed E-state index contributed by atoms with van der Waals surface area (Å²) in [7, 11) is 0. The van der Waals surface area contributed by atoms with Gasteiger partial charge in [-0.25, -0.2) is 4.98 Å². The highest BCUT2D eigenvalue weighted by molar-refractivity contribution is 7.15. The molecule has 2 aliphatic rings. The molecule has 0 aromatic carbocycles. The Morgan fingerprint density at radius 2 is 2.33 bits per heavy atom. The quantitative estimate of drug-likeness (QED) is 0.927. The predicted molar refractivity (Wildman–Crippen MR) is 92.8 cm³/mol. The Morgan fingerprint density at radius 1 is 1.38 bits per heavy atom. The van der Waals surface area contributed by atoms with Crippen LogP contribution in [0.25, 0.3) is 10.7 Å². The number of ether oxygens (including phenoxy) is 1. The molecule has 1 fully saturated rings. The molecule has 1 amide bonds. The SMILES string of the molecule is O=C(NCC1CCCO1)C1CCc2nc(-c3ccccn3)sc2C1. The van der Waals surface area contributed by atoms with Crippen molar-refractivity contribution in [2.24, 2.45) is 5.92 Å². The fourth-order valence-electron chi connectivity index (χ4n) is 3.36. The summed E-state index contributed by atoms with van der Waals surface area (Å²) < 4.78 is 5.57. The molecule has 0 radical (unpaired) electrons. The number of nitrogens with one attached hydrogen (secondary N) is 1. The molecule has 2 aromatic rings. The molecule has 0 bridgehead atoms. The van der Waals surface area contributed by atoms with Crippen LogP contribution in [-0.4, -0.2) is 35.1 Å². The highest BCUT2D eigenvalue weighted by Crippen LogP contribution is 2.34. The minimum atomic E-state index is 0.0518. The van der Waals surface area contributed by atoms with Gasteiger partial charge in [-0.2, -0.15) is 0 Å². The third kappa shape index (κ3) is 3.35. The second-order valence-corrected chi connectivity index (χ2v) is 7.51. The molecule has 3 heterocycles. The molecule has 1 saturated heterocycles. The van der Waals surface area contributed by atoms with Gasteiger partial charge in [0.25, 0.3) is 0 Å². The zero-order valence-corrected chi connectivity index (χ0v) is 14.3. The Hall–Kier alpha value is -1.79. The number of rotatable bonds is 4.